The van der Waals surface area contributed by atoms with Crippen LogP contribution in [0.4, 0.5) is 4.39 Å². The number of fused-ring (bicyclic) bond motifs is 1. The Morgan fingerprint density at radius 1 is 1.43 bits per heavy atom. The standard InChI is InChI=1S/C15H16ClFN2.CH4O/c1-9-5-10(8-19(2)7-9)12-6-13(17)14(16)11-3-4-18-15(11)12;1-2/h3-6,9,18H,7-8H2,1-2H3;2H,1H3/t9-;/m1./s1. The third-order valence-electron chi connectivity index (χ3n) is 3.61. The highest BCUT2D eigenvalue weighted by Crippen LogP contribution is 2.34. The van der Waals surface area contributed by atoms with E-state index < -0.39 is 0 Å². The SMILES string of the molecule is CO.C[C@@H]1C=C(c2cc(F)c(Cl)c3cc[nH]c23)CN(C)C1. The Bertz CT molecular complexity index is 666. The Kier molecular flexibility index (Phi) is 5.04. The molecule has 0 saturated carbocycles. The molecule has 1 aliphatic rings. The number of nitrogens with one attached hydrogen (secondary N) is 1. The molecule has 1 atom stereocenters. The molecular formula is C16H20ClFN2O. The van der Waals surface area contributed by atoms with E-state index in [9.17, 15) is 4.39 Å². The first-order chi connectivity index (χ1) is 10.1. The van der Waals surface area contributed by atoms with Crippen molar-refractivity contribution in [2.24, 2.45) is 5.92 Å². The van der Waals surface area contributed by atoms with Crippen LogP contribution < -0.4 is 0 Å². The maximum Gasteiger partial charge on any atom is 0.143 e. The topological polar surface area (TPSA) is 39.3 Å². The van der Waals surface area contributed by atoms with Crippen molar-refractivity contribution >= 4 is 28.1 Å². The van der Waals surface area contributed by atoms with Gasteiger partial charge >= 0.3 is 0 Å². The predicted molar refractivity (Wildman–Crippen MR) is 86.0 cm³/mol. The van der Waals surface area contributed by atoms with Gasteiger partial charge in [0, 0.05) is 37.3 Å². The molecule has 3 rings (SSSR count). The summed E-state index contributed by atoms with van der Waals surface area (Å²) < 4.78 is 13.9. The first kappa shape index (κ1) is 16.0. The summed E-state index contributed by atoms with van der Waals surface area (Å²) in [5.41, 5.74) is 2.99. The maximum absolute atomic E-state index is 13.9. The first-order valence-corrected chi connectivity index (χ1v) is 7.23. The van der Waals surface area contributed by atoms with Crippen molar-refractivity contribution in [3.05, 3.63) is 40.8 Å². The molecule has 0 fully saturated rings. The molecule has 1 aliphatic heterocycles. The number of H-pyrrole nitrogens is 1. The van der Waals surface area contributed by atoms with Crippen LogP contribution in [0.5, 0.6) is 0 Å². The summed E-state index contributed by atoms with van der Waals surface area (Å²) in [5, 5.41) is 7.94. The number of rotatable bonds is 1. The van der Waals surface area contributed by atoms with Gasteiger partial charge in [-0.05, 0) is 30.7 Å². The van der Waals surface area contributed by atoms with Gasteiger partial charge in [-0.25, -0.2) is 4.39 Å². The zero-order valence-electron chi connectivity index (χ0n) is 12.5. The number of nitrogens with zero attached hydrogens (tertiary/aromatic N) is 1. The van der Waals surface area contributed by atoms with Gasteiger partial charge in [0.25, 0.3) is 0 Å². The molecule has 3 nitrogen and oxygen atoms in total. The van der Waals surface area contributed by atoms with E-state index in [0.29, 0.717) is 5.92 Å². The van der Waals surface area contributed by atoms with E-state index in [2.05, 4.69) is 29.9 Å². The zero-order chi connectivity index (χ0) is 15.6. The molecule has 114 valence electrons. The minimum atomic E-state index is -0.356. The second kappa shape index (κ2) is 6.60. The number of halogens is 2. The van der Waals surface area contributed by atoms with Crippen LogP contribution in [0.15, 0.2) is 24.4 Å². The minimum Gasteiger partial charge on any atom is -0.400 e. The van der Waals surface area contributed by atoms with E-state index >= 15 is 0 Å². The summed E-state index contributed by atoms with van der Waals surface area (Å²) >= 11 is 6.01. The molecule has 0 saturated heterocycles. The number of hydrogen-bond donors (Lipinski definition) is 2. The molecule has 21 heavy (non-hydrogen) atoms. The highest BCUT2D eigenvalue weighted by atomic mass is 35.5. The van der Waals surface area contributed by atoms with E-state index in [-0.39, 0.29) is 10.8 Å². The number of aromatic amines is 1. The summed E-state index contributed by atoms with van der Waals surface area (Å²) in [7, 11) is 3.09. The van der Waals surface area contributed by atoms with Crippen LogP contribution in [0.25, 0.3) is 16.5 Å². The second-order valence-corrected chi connectivity index (χ2v) is 5.73. The average Bonchev–Trinajstić information content (AvgIpc) is 2.93. The van der Waals surface area contributed by atoms with Crippen LogP contribution in [0, 0.1) is 11.7 Å². The lowest BCUT2D eigenvalue weighted by molar-refractivity contribution is 0.330. The van der Waals surface area contributed by atoms with Crippen molar-refractivity contribution in [1.82, 2.24) is 9.88 Å². The van der Waals surface area contributed by atoms with Gasteiger partial charge in [-0.15, -0.1) is 0 Å². The van der Waals surface area contributed by atoms with Gasteiger partial charge in [-0.1, -0.05) is 24.6 Å². The fraction of sp³-hybridized carbons (Fsp3) is 0.375. The third kappa shape index (κ3) is 3.12. The lowest BCUT2D eigenvalue weighted by Gasteiger charge is -2.27. The van der Waals surface area contributed by atoms with Crippen molar-refractivity contribution < 1.29 is 9.50 Å². The van der Waals surface area contributed by atoms with Gasteiger partial charge in [0.05, 0.1) is 10.5 Å². The highest BCUT2D eigenvalue weighted by molar-refractivity contribution is 6.35. The van der Waals surface area contributed by atoms with Crippen LogP contribution in [0.1, 0.15) is 12.5 Å². The van der Waals surface area contributed by atoms with E-state index in [1.165, 1.54) is 0 Å². The molecule has 0 aliphatic carbocycles. The maximum atomic E-state index is 13.9. The third-order valence-corrected chi connectivity index (χ3v) is 3.99. The lowest BCUT2D eigenvalue weighted by atomic mass is 9.95. The number of aliphatic hydroxyl groups excluding tert-OH is 1. The van der Waals surface area contributed by atoms with E-state index in [0.717, 1.165) is 42.2 Å². The van der Waals surface area contributed by atoms with Crippen molar-refractivity contribution in [3.63, 3.8) is 0 Å². The van der Waals surface area contributed by atoms with E-state index in [1.54, 1.807) is 12.3 Å². The van der Waals surface area contributed by atoms with Crippen LogP contribution in [-0.2, 0) is 0 Å². The second-order valence-electron chi connectivity index (χ2n) is 5.35. The Hall–Kier alpha value is -1.36. The van der Waals surface area contributed by atoms with Crippen molar-refractivity contribution in [2.75, 3.05) is 27.2 Å². The van der Waals surface area contributed by atoms with Gasteiger partial charge in [-0.3, -0.25) is 0 Å². The van der Waals surface area contributed by atoms with Crippen LogP contribution in [0.2, 0.25) is 5.02 Å². The summed E-state index contributed by atoms with van der Waals surface area (Å²) in [6, 6.07) is 3.36. The quantitative estimate of drug-likeness (QED) is 0.846. The monoisotopic (exact) mass is 310 g/mol. The lowest BCUT2D eigenvalue weighted by Crippen LogP contribution is -2.29. The predicted octanol–water partition coefficient (Wildman–Crippen LogP) is 3.53. The number of aromatic nitrogens is 1. The fourth-order valence-electron chi connectivity index (χ4n) is 2.89. The number of likely N-dealkylation sites (N-methyl/N-ethyl adjacent to an activating group) is 1. The molecule has 0 spiro atoms. The van der Waals surface area contributed by atoms with Gasteiger partial charge in [0.2, 0.25) is 0 Å². The largest absolute Gasteiger partial charge is 0.400 e. The molecule has 5 heteroatoms. The molecule has 2 aromatic rings. The molecule has 2 N–H and O–H groups in total. The first-order valence-electron chi connectivity index (χ1n) is 6.85. The molecule has 0 bridgehead atoms. The highest BCUT2D eigenvalue weighted by Gasteiger charge is 2.19. The smallest absolute Gasteiger partial charge is 0.143 e. The molecule has 0 amide bonds. The number of aliphatic hydroxyl groups is 1. The molecule has 0 unspecified atom stereocenters. The number of hydrogen-bond acceptors (Lipinski definition) is 2. The summed E-state index contributed by atoms with van der Waals surface area (Å²) in [4.78, 5) is 5.42. The Morgan fingerprint density at radius 3 is 2.81 bits per heavy atom. The van der Waals surface area contributed by atoms with E-state index in [1.807, 2.05) is 6.07 Å². The van der Waals surface area contributed by atoms with Crippen LogP contribution >= 0.6 is 11.6 Å². The molecule has 2 heterocycles. The summed E-state index contributed by atoms with van der Waals surface area (Å²) in [6.07, 6.45) is 4.03. The van der Waals surface area contributed by atoms with Crippen molar-refractivity contribution in [2.45, 2.75) is 6.92 Å². The van der Waals surface area contributed by atoms with Gasteiger partial charge < -0.3 is 15.0 Å². The molecule has 1 aromatic carbocycles. The van der Waals surface area contributed by atoms with Crippen LogP contribution in [0.3, 0.4) is 0 Å². The normalized spacial score (nSPS) is 19.1. The molecular weight excluding hydrogens is 291 g/mol. The summed E-state index contributed by atoms with van der Waals surface area (Å²) in [5.74, 6) is 0.114. The summed E-state index contributed by atoms with van der Waals surface area (Å²) in [6.45, 7) is 4.04. The number of benzene rings is 1. The van der Waals surface area contributed by atoms with Gasteiger partial charge in [0.15, 0.2) is 0 Å². The van der Waals surface area contributed by atoms with Crippen molar-refractivity contribution in [3.8, 4) is 0 Å². The van der Waals surface area contributed by atoms with Gasteiger partial charge in [-0.2, -0.15) is 0 Å². The fourth-order valence-corrected chi connectivity index (χ4v) is 3.10. The molecule has 1 aromatic heterocycles. The van der Waals surface area contributed by atoms with Crippen molar-refractivity contribution in [1.29, 1.82) is 0 Å². The Labute approximate surface area is 129 Å². The minimum absolute atomic E-state index is 0.192. The molecule has 0 radical (unpaired) electrons. The zero-order valence-corrected chi connectivity index (χ0v) is 13.2. The van der Waals surface area contributed by atoms with Crippen LogP contribution in [-0.4, -0.2) is 42.2 Å². The van der Waals surface area contributed by atoms with E-state index in [4.69, 9.17) is 16.7 Å². The Morgan fingerprint density at radius 2 is 2.14 bits per heavy atom. The van der Waals surface area contributed by atoms with Gasteiger partial charge in [0.1, 0.15) is 5.82 Å². The average molecular weight is 311 g/mol. The Balaban J connectivity index is 0.000000774.